The van der Waals surface area contributed by atoms with Gasteiger partial charge < -0.3 is 4.74 Å². The second-order valence-corrected chi connectivity index (χ2v) is 3.60. The van der Waals surface area contributed by atoms with Crippen LogP contribution in [-0.2, 0) is 4.74 Å². The third-order valence-corrected chi connectivity index (χ3v) is 2.52. The maximum atomic E-state index is 5.40. The smallest absolute Gasteiger partial charge is 0.0841 e. The van der Waals surface area contributed by atoms with E-state index in [1.807, 2.05) is 0 Å². The molecule has 1 rings (SSSR count). The van der Waals surface area contributed by atoms with E-state index in [2.05, 4.69) is 22.9 Å². The van der Waals surface area contributed by atoms with Crippen molar-refractivity contribution in [1.29, 1.82) is 0 Å². The lowest BCUT2D eigenvalue weighted by molar-refractivity contribution is 0.357. The van der Waals surface area contributed by atoms with Gasteiger partial charge in [-0.05, 0) is 25.7 Å². The first-order chi connectivity index (χ1) is 4.88. The fraction of sp³-hybridized carbons (Fsp3) is 1.00. The molecule has 0 amide bonds. The van der Waals surface area contributed by atoms with Crippen molar-refractivity contribution in [3.63, 3.8) is 0 Å². The van der Waals surface area contributed by atoms with Gasteiger partial charge >= 0.3 is 0 Å². The summed E-state index contributed by atoms with van der Waals surface area (Å²) >= 11 is 3.41. The summed E-state index contributed by atoms with van der Waals surface area (Å²) < 4.78 is 5.40. The van der Waals surface area contributed by atoms with Crippen LogP contribution in [0.2, 0.25) is 0 Å². The van der Waals surface area contributed by atoms with Crippen LogP contribution >= 0.6 is 15.9 Å². The van der Waals surface area contributed by atoms with Gasteiger partial charge in [0.05, 0.1) is 12.2 Å². The predicted molar refractivity (Wildman–Crippen MR) is 46.6 cm³/mol. The Balaban J connectivity index is 1.87. The molecule has 0 aromatic heterocycles. The van der Waals surface area contributed by atoms with Gasteiger partial charge in [-0.2, -0.15) is 0 Å². The standard InChI is InChI=1S/C8H15BrO/c1-2-7-8(10-7)5-3-4-6-9/h7-8H,2-6H2,1H3/t7-,8+/m1/s1. The van der Waals surface area contributed by atoms with Gasteiger partial charge in [-0.15, -0.1) is 0 Å². The number of hydrogen-bond acceptors (Lipinski definition) is 1. The Morgan fingerprint density at radius 2 is 2.10 bits per heavy atom. The van der Waals surface area contributed by atoms with E-state index in [-0.39, 0.29) is 0 Å². The summed E-state index contributed by atoms with van der Waals surface area (Å²) in [5.41, 5.74) is 0. The third-order valence-electron chi connectivity index (χ3n) is 1.96. The highest BCUT2D eigenvalue weighted by Gasteiger charge is 2.35. The van der Waals surface area contributed by atoms with E-state index < -0.39 is 0 Å². The maximum Gasteiger partial charge on any atom is 0.0841 e. The number of halogens is 1. The molecule has 0 unspecified atom stereocenters. The van der Waals surface area contributed by atoms with Crippen LogP contribution in [-0.4, -0.2) is 17.5 Å². The van der Waals surface area contributed by atoms with Crippen LogP contribution in [0.4, 0.5) is 0 Å². The summed E-state index contributed by atoms with van der Waals surface area (Å²) in [6, 6.07) is 0. The highest BCUT2D eigenvalue weighted by atomic mass is 79.9. The Kier molecular flexibility index (Phi) is 3.71. The van der Waals surface area contributed by atoms with Crippen LogP contribution < -0.4 is 0 Å². The SMILES string of the molecule is CC[C@H]1O[C@H]1CCCCBr. The number of alkyl halides is 1. The van der Waals surface area contributed by atoms with Crippen LogP contribution in [0.5, 0.6) is 0 Å². The lowest BCUT2D eigenvalue weighted by atomic mass is 10.1. The summed E-state index contributed by atoms with van der Waals surface area (Å²) in [7, 11) is 0. The molecule has 0 aromatic rings. The van der Waals surface area contributed by atoms with Crippen LogP contribution in [0, 0.1) is 0 Å². The van der Waals surface area contributed by atoms with Crippen LogP contribution in [0.1, 0.15) is 32.6 Å². The minimum Gasteiger partial charge on any atom is -0.370 e. The van der Waals surface area contributed by atoms with Gasteiger partial charge in [0.25, 0.3) is 0 Å². The quantitative estimate of drug-likeness (QED) is 0.383. The molecule has 0 N–H and O–H groups in total. The molecule has 2 atom stereocenters. The third kappa shape index (κ3) is 2.59. The van der Waals surface area contributed by atoms with Crippen LogP contribution in [0.25, 0.3) is 0 Å². The van der Waals surface area contributed by atoms with E-state index in [4.69, 9.17) is 4.74 Å². The molecule has 10 heavy (non-hydrogen) atoms. The molecule has 0 saturated carbocycles. The van der Waals surface area contributed by atoms with E-state index in [1.54, 1.807) is 0 Å². The Bertz CT molecular complexity index is 95.3. The first-order valence-corrected chi connectivity index (χ1v) is 5.22. The average Bonchev–Trinajstić information content (AvgIpc) is 2.68. The largest absolute Gasteiger partial charge is 0.370 e. The lowest BCUT2D eigenvalue weighted by Gasteiger charge is -1.91. The second-order valence-electron chi connectivity index (χ2n) is 2.81. The van der Waals surface area contributed by atoms with Gasteiger partial charge in [-0.25, -0.2) is 0 Å². The summed E-state index contributed by atoms with van der Waals surface area (Å²) in [6.45, 7) is 2.19. The Hall–Kier alpha value is 0.440. The molecule has 1 aliphatic rings. The second kappa shape index (κ2) is 4.35. The molecule has 1 fully saturated rings. The molecule has 0 bridgehead atoms. The van der Waals surface area contributed by atoms with Crippen molar-refractivity contribution >= 4 is 15.9 Å². The average molecular weight is 207 g/mol. The molecule has 1 heterocycles. The molecule has 1 saturated heterocycles. The molecule has 0 aromatic carbocycles. The van der Waals surface area contributed by atoms with E-state index in [0.717, 1.165) is 5.33 Å². The summed E-state index contributed by atoms with van der Waals surface area (Å²) in [5.74, 6) is 0. The Morgan fingerprint density at radius 1 is 1.30 bits per heavy atom. The van der Waals surface area contributed by atoms with Gasteiger partial charge in [0.15, 0.2) is 0 Å². The Morgan fingerprint density at radius 3 is 2.60 bits per heavy atom. The van der Waals surface area contributed by atoms with Crippen molar-refractivity contribution < 1.29 is 4.74 Å². The summed E-state index contributed by atoms with van der Waals surface area (Å²) in [6.07, 6.45) is 6.28. The van der Waals surface area contributed by atoms with Gasteiger partial charge in [0.1, 0.15) is 0 Å². The highest BCUT2D eigenvalue weighted by Crippen LogP contribution is 2.29. The van der Waals surface area contributed by atoms with Crippen molar-refractivity contribution in [3.8, 4) is 0 Å². The van der Waals surface area contributed by atoms with Crippen molar-refractivity contribution in [1.82, 2.24) is 0 Å². The zero-order chi connectivity index (χ0) is 7.40. The molecule has 2 heteroatoms. The molecule has 1 aliphatic heterocycles. The van der Waals surface area contributed by atoms with Gasteiger partial charge in [-0.1, -0.05) is 22.9 Å². The van der Waals surface area contributed by atoms with Gasteiger partial charge in [0, 0.05) is 5.33 Å². The molecular formula is C8H15BrO. The van der Waals surface area contributed by atoms with E-state index in [1.165, 1.54) is 25.7 Å². The number of rotatable bonds is 5. The van der Waals surface area contributed by atoms with Crippen molar-refractivity contribution in [2.75, 3.05) is 5.33 Å². The fourth-order valence-electron chi connectivity index (χ4n) is 1.23. The molecule has 60 valence electrons. The minimum absolute atomic E-state index is 0.607. The van der Waals surface area contributed by atoms with Crippen molar-refractivity contribution in [3.05, 3.63) is 0 Å². The van der Waals surface area contributed by atoms with Crippen molar-refractivity contribution in [2.24, 2.45) is 0 Å². The maximum absolute atomic E-state index is 5.40. The van der Waals surface area contributed by atoms with E-state index >= 15 is 0 Å². The molecule has 1 nitrogen and oxygen atoms in total. The summed E-state index contributed by atoms with van der Waals surface area (Å²) in [5, 5.41) is 1.14. The van der Waals surface area contributed by atoms with Crippen LogP contribution in [0.3, 0.4) is 0 Å². The number of ether oxygens (including phenoxy) is 1. The zero-order valence-corrected chi connectivity index (χ0v) is 8.06. The molecule has 0 radical (unpaired) electrons. The first kappa shape index (κ1) is 8.54. The molecule has 0 spiro atoms. The van der Waals surface area contributed by atoms with Gasteiger partial charge in [-0.3, -0.25) is 0 Å². The van der Waals surface area contributed by atoms with Gasteiger partial charge in [0.2, 0.25) is 0 Å². The number of epoxide rings is 1. The number of hydrogen-bond donors (Lipinski definition) is 0. The minimum atomic E-state index is 0.607. The van der Waals surface area contributed by atoms with Crippen molar-refractivity contribution in [2.45, 2.75) is 44.8 Å². The Labute approximate surface area is 71.3 Å². The monoisotopic (exact) mass is 206 g/mol. The normalized spacial score (nSPS) is 30.6. The number of unbranched alkanes of at least 4 members (excludes halogenated alkanes) is 1. The summed E-state index contributed by atoms with van der Waals surface area (Å²) in [4.78, 5) is 0. The molecular weight excluding hydrogens is 192 g/mol. The lowest BCUT2D eigenvalue weighted by Crippen LogP contribution is -1.91. The van der Waals surface area contributed by atoms with E-state index in [0.29, 0.717) is 12.2 Å². The van der Waals surface area contributed by atoms with Crippen LogP contribution in [0.15, 0.2) is 0 Å². The topological polar surface area (TPSA) is 12.5 Å². The first-order valence-electron chi connectivity index (χ1n) is 4.10. The predicted octanol–water partition coefficient (Wildman–Crippen LogP) is 2.73. The zero-order valence-electron chi connectivity index (χ0n) is 6.48. The highest BCUT2D eigenvalue weighted by molar-refractivity contribution is 9.09. The molecule has 0 aliphatic carbocycles. The van der Waals surface area contributed by atoms with E-state index in [9.17, 15) is 0 Å². The fourth-order valence-corrected chi connectivity index (χ4v) is 1.63.